The van der Waals surface area contributed by atoms with E-state index in [1.807, 2.05) is 12.1 Å². The maximum absolute atomic E-state index is 11.9. The topological polar surface area (TPSA) is 61.4 Å². The summed E-state index contributed by atoms with van der Waals surface area (Å²) in [6.45, 7) is 2.24. The van der Waals surface area contributed by atoms with Crippen LogP contribution in [0.2, 0.25) is 10.0 Å². The maximum Gasteiger partial charge on any atom is 0.322 e. The highest BCUT2D eigenvalue weighted by molar-refractivity contribution is 6.42. The number of urea groups is 1. The van der Waals surface area contributed by atoms with Crippen LogP contribution in [0, 0.1) is 0 Å². The van der Waals surface area contributed by atoms with Gasteiger partial charge in [-0.3, -0.25) is 15.0 Å². The largest absolute Gasteiger partial charge is 0.323 e. The third kappa shape index (κ3) is 2.86. The molecule has 21 heavy (non-hydrogen) atoms. The highest BCUT2D eigenvalue weighted by Gasteiger charge is 2.47. The number of likely N-dealkylation sites (tertiary alicyclic amines) is 1. The van der Waals surface area contributed by atoms with Gasteiger partial charge in [0.05, 0.1) is 10.0 Å². The summed E-state index contributed by atoms with van der Waals surface area (Å²) in [5.41, 5.74) is 0.367. The van der Waals surface area contributed by atoms with Crippen LogP contribution in [0.1, 0.15) is 18.4 Å². The predicted octanol–water partition coefficient (Wildman–Crippen LogP) is 2.17. The van der Waals surface area contributed by atoms with Crippen molar-refractivity contribution in [3.63, 3.8) is 0 Å². The number of nitrogens with one attached hydrogen (secondary N) is 2. The molecule has 112 valence electrons. The highest BCUT2D eigenvalue weighted by atomic mass is 35.5. The number of hydrogen-bond acceptors (Lipinski definition) is 3. The summed E-state index contributed by atoms with van der Waals surface area (Å²) < 4.78 is 0. The van der Waals surface area contributed by atoms with E-state index in [-0.39, 0.29) is 5.91 Å². The Morgan fingerprint density at radius 2 is 1.86 bits per heavy atom. The van der Waals surface area contributed by atoms with Gasteiger partial charge in [-0.05, 0) is 30.5 Å². The number of carbonyl (C=O) groups excluding carboxylic acids is 2. The van der Waals surface area contributed by atoms with Crippen molar-refractivity contribution in [3.05, 3.63) is 33.8 Å². The van der Waals surface area contributed by atoms with Gasteiger partial charge >= 0.3 is 6.03 Å². The second-order valence-electron chi connectivity index (χ2n) is 5.51. The van der Waals surface area contributed by atoms with E-state index in [0.717, 1.165) is 25.2 Å². The monoisotopic (exact) mass is 327 g/mol. The molecule has 0 aromatic heterocycles. The second-order valence-corrected chi connectivity index (χ2v) is 6.33. The Balaban J connectivity index is 1.62. The lowest BCUT2D eigenvalue weighted by Crippen LogP contribution is -2.54. The molecule has 2 saturated heterocycles. The lowest BCUT2D eigenvalue weighted by Gasteiger charge is -2.37. The van der Waals surface area contributed by atoms with E-state index in [4.69, 9.17) is 23.2 Å². The van der Waals surface area contributed by atoms with Gasteiger partial charge in [-0.15, -0.1) is 0 Å². The summed E-state index contributed by atoms with van der Waals surface area (Å²) in [6, 6.07) is 5.20. The molecule has 0 bridgehead atoms. The van der Waals surface area contributed by atoms with Crippen LogP contribution < -0.4 is 10.6 Å². The first kappa shape index (κ1) is 14.6. The van der Waals surface area contributed by atoms with Crippen molar-refractivity contribution < 1.29 is 9.59 Å². The van der Waals surface area contributed by atoms with Gasteiger partial charge in [0.25, 0.3) is 5.91 Å². The molecule has 0 radical (unpaired) electrons. The second kappa shape index (κ2) is 5.48. The number of hydrogen-bond donors (Lipinski definition) is 2. The summed E-state index contributed by atoms with van der Waals surface area (Å²) in [4.78, 5) is 25.4. The molecule has 2 N–H and O–H groups in total. The fourth-order valence-corrected chi connectivity index (χ4v) is 3.19. The van der Waals surface area contributed by atoms with E-state index in [1.165, 1.54) is 0 Å². The van der Waals surface area contributed by atoms with E-state index in [9.17, 15) is 9.59 Å². The van der Waals surface area contributed by atoms with Gasteiger partial charge in [0, 0.05) is 19.6 Å². The third-order valence-electron chi connectivity index (χ3n) is 4.11. The fourth-order valence-electron chi connectivity index (χ4n) is 2.87. The van der Waals surface area contributed by atoms with Crippen molar-refractivity contribution in [3.8, 4) is 0 Å². The molecule has 0 aliphatic carbocycles. The molecule has 5 nitrogen and oxygen atoms in total. The molecule has 2 heterocycles. The fraction of sp³-hybridized carbons (Fsp3) is 0.429. The first-order valence-electron chi connectivity index (χ1n) is 6.78. The number of carbonyl (C=O) groups is 2. The van der Waals surface area contributed by atoms with Crippen LogP contribution in [0.25, 0.3) is 0 Å². The lowest BCUT2D eigenvalue weighted by molar-refractivity contribution is -0.125. The Hall–Kier alpha value is -1.30. The van der Waals surface area contributed by atoms with Crippen LogP contribution in [0.5, 0.6) is 0 Å². The van der Waals surface area contributed by atoms with Gasteiger partial charge in [0.1, 0.15) is 5.54 Å². The van der Waals surface area contributed by atoms with Gasteiger partial charge < -0.3 is 5.32 Å². The van der Waals surface area contributed by atoms with Crippen LogP contribution in [-0.2, 0) is 11.3 Å². The number of rotatable bonds is 2. The zero-order valence-electron chi connectivity index (χ0n) is 11.3. The number of imide groups is 1. The molecule has 3 rings (SSSR count). The molecule has 0 atom stereocenters. The average Bonchev–Trinajstić information content (AvgIpc) is 2.71. The van der Waals surface area contributed by atoms with Crippen LogP contribution in [-0.4, -0.2) is 35.5 Å². The Morgan fingerprint density at radius 3 is 2.43 bits per heavy atom. The quantitative estimate of drug-likeness (QED) is 0.818. The molecule has 1 aromatic carbocycles. The Morgan fingerprint density at radius 1 is 1.14 bits per heavy atom. The average molecular weight is 328 g/mol. The minimum Gasteiger partial charge on any atom is -0.323 e. The predicted molar refractivity (Wildman–Crippen MR) is 80.4 cm³/mol. The Bertz CT molecular complexity index is 598. The number of halogens is 2. The molecule has 0 unspecified atom stereocenters. The SMILES string of the molecule is O=C1NC(=O)C2(CCN(Cc3ccc(Cl)c(Cl)c3)CC2)N1. The van der Waals surface area contributed by atoms with E-state index >= 15 is 0 Å². The van der Waals surface area contributed by atoms with Gasteiger partial charge in [-0.2, -0.15) is 0 Å². The summed E-state index contributed by atoms with van der Waals surface area (Å²) in [6.07, 6.45) is 1.23. The summed E-state index contributed by atoms with van der Waals surface area (Å²) in [5.74, 6) is -0.207. The Labute approximate surface area is 132 Å². The van der Waals surface area contributed by atoms with Crippen LogP contribution in [0.15, 0.2) is 18.2 Å². The zero-order valence-corrected chi connectivity index (χ0v) is 12.8. The number of piperidine rings is 1. The van der Waals surface area contributed by atoms with Gasteiger partial charge in [-0.1, -0.05) is 29.3 Å². The standard InChI is InChI=1S/C14H15Cl2N3O2/c15-10-2-1-9(7-11(10)16)8-19-5-3-14(4-6-19)12(20)17-13(21)18-14/h1-2,7H,3-6,8H2,(H2,17,18,20,21). The van der Waals surface area contributed by atoms with Crippen LogP contribution in [0.3, 0.4) is 0 Å². The first-order chi connectivity index (χ1) is 9.98. The van der Waals surface area contributed by atoms with Gasteiger partial charge in [0.2, 0.25) is 0 Å². The van der Waals surface area contributed by atoms with Gasteiger partial charge in [0.15, 0.2) is 0 Å². The smallest absolute Gasteiger partial charge is 0.322 e. The molecule has 1 aromatic rings. The summed E-state index contributed by atoms with van der Waals surface area (Å²) in [7, 11) is 0. The molecular formula is C14H15Cl2N3O2. The van der Waals surface area contributed by atoms with Crippen molar-refractivity contribution in [2.45, 2.75) is 24.9 Å². The van der Waals surface area contributed by atoms with Crippen molar-refractivity contribution in [2.24, 2.45) is 0 Å². The maximum atomic E-state index is 11.9. The molecule has 3 amide bonds. The molecule has 2 aliphatic rings. The molecular weight excluding hydrogens is 313 g/mol. The third-order valence-corrected chi connectivity index (χ3v) is 4.85. The van der Waals surface area contributed by atoms with Gasteiger partial charge in [-0.25, -0.2) is 4.79 Å². The van der Waals surface area contributed by atoms with E-state index < -0.39 is 11.6 Å². The van der Waals surface area contributed by atoms with E-state index in [0.29, 0.717) is 22.9 Å². The molecule has 2 fully saturated rings. The number of benzene rings is 1. The molecule has 7 heteroatoms. The van der Waals surface area contributed by atoms with Crippen LogP contribution in [0.4, 0.5) is 4.79 Å². The highest BCUT2D eigenvalue weighted by Crippen LogP contribution is 2.28. The Kier molecular flexibility index (Phi) is 3.82. The molecule has 1 spiro atoms. The molecule has 0 saturated carbocycles. The lowest BCUT2D eigenvalue weighted by atomic mass is 9.87. The summed E-state index contributed by atoms with van der Waals surface area (Å²) >= 11 is 11.9. The van der Waals surface area contributed by atoms with E-state index in [1.54, 1.807) is 6.07 Å². The minimum absolute atomic E-state index is 0.207. The summed E-state index contributed by atoms with van der Waals surface area (Å²) in [5, 5.41) is 6.16. The van der Waals surface area contributed by atoms with Crippen LogP contribution >= 0.6 is 23.2 Å². The van der Waals surface area contributed by atoms with Crippen molar-refractivity contribution in [1.82, 2.24) is 15.5 Å². The number of nitrogens with zero attached hydrogens (tertiary/aromatic N) is 1. The minimum atomic E-state index is -0.717. The van der Waals surface area contributed by atoms with Crippen molar-refractivity contribution in [2.75, 3.05) is 13.1 Å². The van der Waals surface area contributed by atoms with Crippen molar-refractivity contribution >= 4 is 35.1 Å². The van der Waals surface area contributed by atoms with Crippen molar-refractivity contribution in [1.29, 1.82) is 0 Å². The zero-order chi connectivity index (χ0) is 15.0. The number of amides is 3. The molecule has 2 aliphatic heterocycles. The van der Waals surface area contributed by atoms with E-state index in [2.05, 4.69) is 15.5 Å². The first-order valence-corrected chi connectivity index (χ1v) is 7.54. The normalized spacial score (nSPS) is 21.4.